The minimum Gasteiger partial charge on any atom is -0.457 e. The van der Waals surface area contributed by atoms with Crippen molar-refractivity contribution in [3.8, 4) is 11.3 Å². The Morgan fingerprint density at radius 3 is 2.74 bits per heavy atom. The number of carbonyl (C=O) groups excluding carboxylic acids is 1. The van der Waals surface area contributed by atoms with Gasteiger partial charge in [-0.1, -0.05) is 49.7 Å². The van der Waals surface area contributed by atoms with Gasteiger partial charge in [0.15, 0.2) is 0 Å². The number of hydrogen-bond acceptors (Lipinski definition) is 5. The molecule has 3 heterocycles. The van der Waals surface area contributed by atoms with Crippen molar-refractivity contribution in [2.24, 2.45) is 0 Å². The third kappa shape index (κ3) is 3.84. The normalized spacial score (nSPS) is 20.5. The Labute approximate surface area is 166 Å². The van der Waals surface area contributed by atoms with Crippen molar-refractivity contribution in [3.63, 3.8) is 0 Å². The predicted molar refractivity (Wildman–Crippen MR) is 108 cm³/mol. The molecule has 0 radical (unpaired) electrons. The number of thioether (sulfide) groups is 1. The molecule has 4 nitrogen and oxygen atoms in total. The summed E-state index contributed by atoms with van der Waals surface area (Å²) in [6, 6.07) is 6.86. The lowest BCUT2D eigenvalue weighted by atomic mass is 10.1. The zero-order valence-electron chi connectivity index (χ0n) is 14.7. The Kier molecular flexibility index (Phi) is 5.41. The fourth-order valence-corrected chi connectivity index (χ4v) is 4.97. The van der Waals surface area contributed by atoms with Crippen LogP contribution in [0.3, 0.4) is 0 Å². The number of rotatable bonds is 3. The van der Waals surface area contributed by atoms with E-state index in [9.17, 15) is 9.18 Å². The zero-order chi connectivity index (χ0) is 18.8. The van der Waals surface area contributed by atoms with Crippen LogP contribution in [0.5, 0.6) is 0 Å². The van der Waals surface area contributed by atoms with E-state index in [0.29, 0.717) is 26.3 Å². The second-order valence-electron chi connectivity index (χ2n) is 6.74. The number of carbonyl (C=O) groups is 1. The van der Waals surface area contributed by atoms with Crippen molar-refractivity contribution < 1.29 is 13.6 Å². The summed E-state index contributed by atoms with van der Waals surface area (Å²) in [4.78, 5) is 18.9. The van der Waals surface area contributed by atoms with Gasteiger partial charge in [-0.2, -0.15) is 4.39 Å². The van der Waals surface area contributed by atoms with Crippen LogP contribution < -0.4 is 0 Å². The van der Waals surface area contributed by atoms with E-state index in [2.05, 4.69) is 4.98 Å². The molecule has 1 amide bonds. The molecule has 1 aliphatic heterocycles. The van der Waals surface area contributed by atoms with Gasteiger partial charge in [0.25, 0.3) is 5.91 Å². The van der Waals surface area contributed by atoms with E-state index >= 15 is 0 Å². The SMILES string of the molecule is O=C1/C(=C/c2ccc(-c3cccnc3F)o2)SC(=S)N1C1CCCCCC1. The summed E-state index contributed by atoms with van der Waals surface area (Å²) in [5.74, 6) is 0.237. The molecule has 0 unspecified atom stereocenters. The molecule has 0 aromatic carbocycles. The van der Waals surface area contributed by atoms with E-state index in [1.54, 1.807) is 35.2 Å². The molecule has 1 aliphatic carbocycles. The zero-order valence-corrected chi connectivity index (χ0v) is 16.3. The van der Waals surface area contributed by atoms with E-state index in [-0.39, 0.29) is 11.9 Å². The Morgan fingerprint density at radius 1 is 1.22 bits per heavy atom. The lowest BCUT2D eigenvalue weighted by Gasteiger charge is -2.25. The Bertz CT molecular complexity index is 901. The average molecular weight is 403 g/mol. The maximum absolute atomic E-state index is 13.8. The molecule has 1 saturated carbocycles. The highest BCUT2D eigenvalue weighted by Crippen LogP contribution is 2.37. The van der Waals surface area contributed by atoms with Crippen LogP contribution in [0.2, 0.25) is 0 Å². The van der Waals surface area contributed by atoms with E-state index in [4.69, 9.17) is 16.6 Å². The Hall–Kier alpha value is -1.99. The van der Waals surface area contributed by atoms with Crippen molar-refractivity contribution in [1.29, 1.82) is 0 Å². The molecule has 2 aromatic rings. The molecule has 4 rings (SSSR count). The van der Waals surface area contributed by atoms with Crippen molar-refractivity contribution in [2.75, 3.05) is 0 Å². The summed E-state index contributed by atoms with van der Waals surface area (Å²) in [5, 5.41) is 0. The van der Waals surface area contributed by atoms with Crippen molar-refractivity contribution in [3.05, 3.63) is 47.1 Å². The first kappa shape index (κ1) is 18.4. The fraction of sp³-hybridized carbons (Fsp3) is 0.350. The van der Waals surface area contributed by atoms with Crippen LogP contribution in [0.4, 0.5) is 4.39 Å². The molecule has 2 fully saturated rings. The molecule has 2 aliphatic rings. The van der Waals surface area contributed by atoms with Gasteiger partial charge in [-0.05, 0) is 37.1 Å². The lowest BCUT2D eigenvalue weighted by Crippen LogP contribution is -2.38. The van der Waals surface area contributed by atoms with Gasteiger partial charge in [0.2, 0.25) is 5.95 Å². The van der Waals surface area contributed by atoms with Crippen LogP contribution in [0.1, 0.15) is 44.3 Å². The molecule has 0 bridgehead atoms. The largest absolute Gasteiger partial charge is 0.457 e. The summed E-state index contributed by atoms with van der Waals surface area (Å²) in [7, 11) is 0. The van der Waals surface area contributed by atoms with Crippen LogP contribution in [-0.2, 0) is 4.79 Å². The lowest BCUT2D eigenvalue weighted by molar-refractivity contribution is -0.123. The number of halogens is 1. The summed E-state index contributed by atoms with van der Waals surface area (Å²) >= 11 is 6.78. The maximum atomic E-state index is 13.8. The summed E-state index contributed by atoms with van der Waals surface area (Å²) in [5.41, 5.74) is 0.295. The smallest absolute Gasteiger partial charge is 0.266 e. The highest BCUT2D eigenvalue weighted by molar-refractivity contribution is 8.26. The van der Waals surface area contributed by atoms with Crippen LogP contribution >= 0.6 is 24.0 Å². The highest BCUT2D eigenvalue weighted by Gasteiger charge is 2.37. The molecule has 2 aromatic heterocycles. The number of furan rings is 1. The standard InChI is InChI=1S/C20H19FN2O2S2/c21-18-15(8-5-11-22-18)16-10-9-14(25-16)12-17-19(24)23(20(26)27-17)13-6-3-1-2-4-7-13/h5,8-13H,1-4,6-7H2/b17-12-. The number of thiocarbonyl (C=S) groups is 1. The molecule has 0 N–H and O–H groups in total. The van der Waals surface area contributed by atoms with E-state index < -0.39 is 5.95 Å². The Balaban J connectivity index is 1.55. The quantitative estimate of drug-likeness (QED) is 0.297. The number of amides is 1. The number of nitrogens with zero attached hydrogens (tertiary/aromatic N) is 2. The van der Waals surface area contributed by atoms with Gasteiger partial charge in [-0.15, -0.1) is 0 Å². The van der Waals surface area contributed by atoms with Gasteiger partial charge in [-0.25, -0.2) is 4.98 Å². The molecular formula is C20H19FN2O2S2. The minimum absolute atomic E-state index is 0.0533. The summed E-state index contributed by atoms with van der Waals surface area (Å²) in [6.07, 6.45) is 9.81. The minimum atomic E-state index is -0.585. The number of pyridine rings is 1. The third-order valence-electron chi connectivity index (χ3n) is 4.94. The molecule has 27 heavy (non-hydrogen) atoms. The van der Waals surface area contributed by atoms with Crippen molar-refractivity contribution >= 4 is 40.3 Å². The van der Waals surface area contributed by atoms with Gasteiger partial charge in [0.05, 0.1) is 10.5 Å². The van der Waals surface area contributed by atoms with Gasteiger partial charge < -0.3 is 4.42 Å². The summed E-state index contributed by atoms with van der Waals surface area (Å²) < 4.78 is 20.2. The van der Waals surface area contributed by atoms with Gasteiger partial charge >= 0.3 is 0 Å². The van der Waals surface area contributed by atoms with E-state index in [1.165, 1.54) is 30.8 Å². The molecule has 7 heteroatoms. The number of aromatic nitrogens is 1. The first-order valence-corrected chi connectivity index (χ1v) is 10.3. The van der Waals surface area contributed by atoms with E-state index in [0.717, 1.165) is 25.7 Å². The first-order chi connectivity index (χ1) is 13.1. The van der Waals surface area contributed by atoms with Crippen LogP contribution in [0.15, 0.2) is 39.8 Å². The Morgan fingerprint density at radius 2 is 2.00 bits per heavy atom. The number of hydrogen-bond donors (Lipinski definition) is 0. The molecule has 1 saturated heterocycles. The second kappa shape index (κ2) is 7.94. The topological polar surface area (TPSA) is 46.3 Å². The van der Waals surface area contributed by atoms with Crippen molar-refractivity contribution in [1.82, 2.24) is 9.88 Å². The van der Waals surface area contributed by atoms with Crippen LogP contribution in [0.25, 0.3) is 17.4 Å². The van der Waals surface area contributed by atoms with Gasteiger partial charge in [0, 0.05) is 18.3 Å². The van der Waals surface area contributed by atoms with Crippen molar-refractivity contribution in [2.45, 2.75) is 44.6 Å². The first-order valence-electron chi connectivity index (χ1n) is 9.11. The molecular weight excluding hydrogens is 383 g/mol. The van der Waals surface area contributed by atoms with Gasteiger partial charge in [-0.3, -0.25) is 9.69 Å². The fourth-order valence-electron chi connectivity index (χ4n) is 3.58. The maximum Gasteiger partial charge on any atom is 0.266 e. The third-order valence-corrected chi connectivity index (χ3v) is 6.27. The second-order valence-corrected chi connectivity index (χ2v) is 8.42. The average Bonchev–Trinajstić information content (AvgIpc) is 3.10. The monoisotopic (exact) mass is 402 g/mol. The molecule has 0 atom stereocenters. The predicted octanol–water partition coefficient (Wildman–Crippen LogP) is 5.40. The van der Waals surface area contributed by atoms with E-state index in [1.807, 2.05) is 0 Å². The van der Waals surface area contributed by atoms with Gasteiger partial charge in [0.1, 0.15) is 15.8 Å². The molecule has 140 valence electrons. The van der Waals surface area contributed by atoms with Crippen LogP contribution in [0, 0.1) is 5.95 Å². The highest BCUT2D eigenvalue weighted by atomic mass is 32.2. The summed E-state index contributed by atoms with van der Waals surface area (Å²) in [6.45, 7) is 0. The van der Waals surface area contributed by atoms with Crippen LogP contribution in [-0.4, -0.2) is 26.2 Å². The molecule has 0 spiro atoms.